The number of rotatable bonds is 2. The van der Waals surface area contributed by atoms with E-state index in [9.17, 15) is 9.18 Å². The maximum Gasteiger partial charge on any atom is 0.373 e. The van der Waals surface area contributed by atoms with Crippen molar-refractivity contribution in [3.8, 4) is 11.4 Å². The van der Waals surface area contributed by atoms with Crippen LogP contribution in [0.4, 0.5) is 4.39 Å². The molecule has 6 heteroatoms. The van der Waals surface area contributed by atoms with Crippen molar-refractivity contribution in [2.45, 2.75) is 0 Å². The molecule has 0 aliphatic rings. The Morgan fingerprint density at radius 1 is 1.47 bits per heavy atom. The number of nitrogens with one attached hydrogen (secondary N) is 1. The van der Waals surface area contributed by atoms with E-state index in [4.69, 9.17) is 5.11 Å². The lowest BCUT2D eigenvalue weighted by atomic mass is 10.2. The minimum absolute atomic E-state index is 0.159. The molecule has 5 nitrogen and oxygen atoms in total. The van der Waals surface area contributed by atoms with Crippen molar-refractivity contribution >= 4 is 5.97 Å². The molecule has 0 aliphatic heterocycles. The van der Waals surface area contributed by atoms with Gasteiger partial charge in [0.2, 0.25) is 5.82 Å². The number of aromatic amines is 1. The van der Waals surface area contributed by atoms with Crippen LogP contribution >= 0.6 is 0 Å². The van der Waals surface area contributed by atoms with Gasteiger partial charge in [0.15, 0.2) is 5.82 Å². The van der Waals surface area contributed by atoms with Crippen LogP contribution in [0.2, 0.25) is 0 Å². The monoisotopic (exact) mass is 207 g/mol. The summed E-state index contributed by atoms with van der Waals surface area (Å²) in [6.07, 6.45) is 0. The molecular weight excluding hydrogens is 201 g/mol. The number of carbonyl (C=O) groups is 1. The minimum atomic E-state index is -1.20. The van der Waals surface area contributed by atoms with Gasteiger partial charge >= 0.3 is 5.97 Å². The third-order valence-electron chi connectivity index (χ3n) is 1.77. The Kier molecular flexibility index (Phi) is 2.17. The number of nitrogens with zero attached hydrogens (tertiary/aromatic N) is 2. The smallest absolute Gasteiger partial charge is 0.373 e. The highest BCUT2D eigenvalue weighted by Gasteiger charge is 2.11. The predicted octanol–water partition coefficient (Wildman–Crippen LogP) is 1.31. The van der Waals surface area contributed by atoms with Gasteiger partial charge in [0.05, 0.1) is 0 Å². The number of hydrogen-bond acceptors (Lipinski definition) is 3. The fourth-order valence-electron chi connectivity index (χ4n) is 1.11. The zero-order valence-corrected chi connectivity index (χ0v) is 7.44. The number of halogens is 1. The van der Waals surface area contributed by atoms with E-state index < -0.39 is 11.8 Å². The first kappa shape index (κ1) is 9.32. The highest BCUT2D eigenvalue weighted by molar-refractivity contribution is 5.83. The van der Waals surface area contributed by atoms with E-state index in [0.29, 0.717) is 5.56 Å². The lowest BCUT2D eigenvalue weighted by Crippen LogP contribution is -1.98. The summed E-state index contributed by atoms with van der Waals surface area (Å²) in [4.78, 5) is 14.2. The lowest BCUT2D eigenvalue weighted by molar-refractivity contribution is 0.0684. The first-order valence-electron chi connectivity index (χ1n) is 4.08. The molecule has 0 bridgehead atoms. The predicted molar refractivity (Wildman–Crippen MR) is 48.7 cm³/mol. The van der Waals surface area contributed by atoms with Gasteiger partial charge in [-0.3, -0.25) is 5.10 Å². The summed E-state index contributed by atoms with van der Waals surface area (Å²) in [6, 6.07) is 5.61. The SMILES string of the molecule is O=C(O)c1nc(-c2cccc(F)c2)n[nH]1. The highest BCUT2D eigenvalue weighted by atomic mass is 19.1. The van der Waals surface area contributed by atoms with E-state index in [1.165, 1.54) is 18.2 Å². The van der Waals surface area contributed by atoms with Gasteiger partial charge in [0, 0.05) is 5.56 Å². The van der Waals surface area contributed by atoms with Gasteiger partial charge in [-0.15, -0.1) is 0 Å². The maximum absolute atomic E-state index is 12.8. The Morgan fingerprint density at radius 3 is 2.87 bits per heavy atom. The summed E-state index contributed by atoms with van der Waals surface area (Å²) >= 11 is 0. The van der Waals surface area contributed by atoms with E-state index >= 15 is 0 Å². The molecule has 1 heterocycles. The Bertz CT molecular complexity index is 510. The van der Waals surface area contributed by atoms with E-state index in [2.05, 4.69) is 15.2 Å². The van der Waals surface area contributed by atoms with E-state index in [1.54, 1.807) is 6.07 Å². The van der Waals surface area contributed by atoms with Crippen molar-refractivity contribution in [3.63, 3.8) is 0 Å². The van der Waals surface area contributed by atoms with Crippen LogP contribution in [0.3, 0.4) is 0 Å². The van der Waals surface area contributed by atoms with Crippen LogP contribution in [-0.2, 0) is 0 Å². The molecule has 76 valence electrons. The third-order valence-corrected chi connectivity index (χ3v) is 1.77. The standard InChI is InChI=1S/C9H6FN3O2/c10-6-3-1-2-5(4-6)7-11-8(9(14)15)13-12-7/h1-4H,(H,14,15)(H,11,12,13). The first-order chi connectivity index (χ1) is 7.16. The van der Waals surface area contributed by atoms with Crippen LogP contribution in [0.1, 0.15) is 10.6 Å². The molecule has 1 aromatic carbocycles. The molecule has 2 aromatic rings. The van der Waals surface area contributed by atoms with Gasteiger partial charge < -0.3 is 5.11 Å². The van der Waals surface area contributed by atoms with E-state index in [-0.39, 0.29) is 11.6 Å². The summed E-state index contributed by atoms with van der Waals surface area (Å²) in [6.45, 7) is 0. The fourth-order valence-corrected chi connectivity index (χ4v) is 1.11. The summed E-state index contributed by atoms with van der Waals surface area (Å²) < 4.78 is 12.8. The van der Waals surface area contributed by atoms with Gasteiger partial charge in [-0.25, -0.2) is 14.2 Å². The number of carboxylic acids is 1. The number of aromatic nitrogens is 3. The number of aromatic carboxylic acids is 1. The molecule has 0 saturated heterocycles. The molecule has 0 fully saturated rings. The lowest BCUT2D eigenvalue weighted by Gasteiger charge is -1.93. The number of hydrogen-bond donors (Lipinski definition) is 2. The Labute approximate surface area is 83.6 Å². The van der Waals surface area contributed by atoms with E-state index in [0.717, 1.165) is 0 Å². The van der Waals surface area contributed by atoms with Crippen molar-refractivity contribution in [2.75, 3.05) is 0 Å². The molecule has 0 atom stereocenters. The number of H-pyrrole nitrogens is 1. The molecule has 0 amide bonds. The van der Waals surface area contributed by atoms with Crippen LogP contribution in [0.5, 0.6) is 0 Å². The van der Waals surface area contributed by atoms with Crippen LogP contribution in [0.15, 0.2) is 24.3 Å². The average Bonchev–Trinajstić information content (AvgIpc) is 2.66. The quantitative estimate of drug-likeness (QED) is 0.778. The molecule has 1 aromatic heterocycles. The molecule has 2 N–H and O–H groups in total. The van der Waals surface area contributed by atoms with Crippen LogP contribution in [-0.4, -0.2) is 26.3 Å². The molecule has 0 spiro atoms. The Hall–Kier alpha value is -2.24. The van der Waals surface area contributed by atoms with Crippen molar-refractivity contribution < 1.29 is 14.3 Å². The summed E-state index contributed by atoms with van der Waals surface area (Å²) in [5, 5.41) is 14.5. The number of carboxylic acid groups (broad SMARTS) is 1. The third kappa shape index (κ3) is 1.83. The van der Waals surface area contributed by atoms with E-state index in [1.807, 2.05) is 0 Å². The topological polar surface area (TPSA) is 78.9 Å². The Balaban J connectivity index is 2.41. The maximum atomic E-state index is 12.8. The molecule has 0 saturated carbocycles. The first-order valence-corrected chi connectivity index (χ1v) is 4.08. The number of benzene rings is 1. The highest BCUT2D eigenvalue weighted by Crippen LogP contribution is 2.15. The second-order valence-corrected chi connectivity index (χ2v) is 2.82. The molecule has 0 unspecified atom stereocenters. The van der Waals surface area contributed by atoms with Crippen molar-refractivity contribution in [1.29, 1.82) is 0 Å². The Morgan fingerprint density at radius 2 is 2.27 bits per heavy atom. The zero-order chi connectivity index (χ0) is 10.8. The second-order valence-electron chi connectivity index (χ2n) is 2.82. The second kappa shape index (κ2) is 3.49. The van der Waals surface area contributed by atoms with Crippen LogP contribution in [0.25, 0.3) is 11.4 Å². The normalized spacial score (nSPS) is 10.2. The minimum Gasteiger partial charge on any atom is -0.475 e. The summed E-state index contributed by atoms with van der Waals surface area (Å²) in [7, 11) is 0. The van der Waals surface area contributed by atoms with Crippen LogP contribution in [0, 0.1) is 5.82 Å². The zero-order valence-electron chi connectivity index (χ0n) is 7.44. The fraction of sp³-hybridized carbons (Fsp3) is 0. The van der Waals surface area contributed by atoms with Crippen molar-refractivity contribution in [3.05, 3.63) is 35.9 Å². The van der Waals surface area contributed by atoms with Crippen LogP contribution < -0.4 is 0 Å². The molecule has 15 heavy (non-hydrogen) atoms. The van der Waals surface area contributed by atoms with Gasteiger partial charge in [-0.05, 0) is 12.1 Å². The van der Waals surface area contributed by atoms with Gasteiger partial charge in [-0.2, -0.15) is 5.10 Å². The van der Waals surface area contributed by atoms with Gasteiger partial charge in [0.1, 0.15) is 5.82 Å². The molecule has 0 radical (unpaired) electrons. The van der Waals surface area contributed by atoms with Gasteiger partial charge in [0.25, 0.3) is 0 Å². The molecule has 2 rings (SSSR count). The molecule has 0 aliphatic carbocycles. The molecular formula is C9H6FN3O2. The largest absolute Gasteiger partial charge is 0.475 e. The average molecular weight is 207 g/mol. The van der Waals surface area contributed by atoms with Crippen molar-refractivity contribution in [1.82, 2.24) is 15.2 Å². The summed E-state index contributed by atoms with van der Waals surface area (Å²) in [5.41, 5.74) is 0.429. The van der Waals surface area contributed by atoms with Gasteiger partial charge in [-0.1, -0.05) is 12.1 Å². The summed E-state index contributed by atoms with van der Waals surface area (Å²) in [5.74, 6) is -1.74. The van der Waals surface area contributed by atoms with Crippen molar-refractivity contribution in [2.24, 2.45) is 0 Å².